The summed E-state index contributed by atoms with van der Waals surface area (Å²) in [6.45, 7) is 10.8. The Hall–Kier alpha value is -0.990. The molecule has 3 heteroatoms. The molecule has 0 bridgehead atoms. The third kappa shape index (κ3) is 2.98. The van der Waals surface area contributed by atoms with E-state index in [2.05, 4.69) is 25.7 Å². The molecule has 1 saturated heterocycles. The molecular formula is C12H22N2O. The van der Waals surface area contributed by atoms with Crippen molar-refractivity contribution in [3.8, 4) is 0 Å². The van der Waals surface area contributed by atoms with Crippen LogP contribution < -0.4 is 5.32 Å². The third-order valence-corrected chi connectivity index (χ3v) is 3.04. The largest absolute Gasteiger partial charge is 0.335 e. The first kappa shape index (κ1) is 12.1. The van der Waals surface area contributed by atoms with Gasteiger partial charge in [0.25, 0.3) is 0 Å². The summed E-state index contributed by atoms with van der Waals surface area (Å²) >= 11 is 0. The Balaban J connectivity index is 2.50. The standard InChI is InChI=1S/C12H22N2O/c1-5-7-10(2)13-11(15)14-9-6-8-12(14,3)4/h5,10H,1,6-9H2,2-4H3,(H,13,15)/t10-/m0/s1. The Kier molecular flexibility index (Phi) is 3.77. The van der Waals surface area contributed by atoms with E-state index in [1.54, 1.807) is 0 Å². The summed E-state index contributed by atoms with van der Waals surface area (Å²) in [7, 11) is 0. The van der Waals surface area contributed by atoms with E-state index >= 15 is 0 Å². The van der Waals surface area contributed by atoms with Crippen molar-refractivity contribution in [1.29, 1.82) is 0 Å². The van der Waals surface area contributed by atoms with Crippen molar-refractivity contribution in [3.63, 3.8) is 0 Å². The van der Waals surface area contributed by atoms with Gasteiger partial charge in [-0.3, -0.25) is 0 Å². The predicted octanol–water partition coefficient (Wildman–Crippen LogP) is 2.54. The van der Waals surface area contributed by atoms with E-state index in [-0.39, 0.29) is 17.6 Å². The maximum atomic E-state index is 11.9. The molecule has 1 N–H and O–H groups in total. The van der Waals surface area contributed by atoms with Crippen molar-refractivity contribution in [2.45, 2.75) is 51.6 Å². The summed E-state index contributed by atoms with van der Waals surface area (Å²) in [5, 5.41) is 2.99. The maximum absolute atomic E-state index is 11.9. The van der Waals surface area contributed by atoms with Crippen LogP contribution in [0.1, 0.15) is 40.0 Å². The topological polar surface area (TPSA) is 32.3 Å². The Morgan fingerprint density at radius 2 is 2.33 bits per heavy atom. The van der Waals surface area contributed by atoms with Gasteiger partial charge in [-0.1, -0.05) is 6.08 Å². The second-order valence-electron chi connectivity index (χ2n) is 4.94. The highest BCUT2D eigenvalue weighted by Gasteiger charge is 2.35. The average Bonchev–Trinajstić information content (AvgIpc) is 2.45. The van der Waals surface area contributed by atoms with Gasteiger partial charge in [0.15, 0.2) is 0 Å². The van der Waals surface area contributed by atoms with Gasteiger partial charge >= 0.3 is 6.03 Å². The van der Waals surface area contributed by atoms with Crippen LogP contribution in [0, 0.1) is 0 Å². The number of likely N-dealkylation sites (tertiary alicyclic amines) is 1. The summed E-state index contributed by atoms with van der Waals surface area (Å²) in [6, 6.07) is 0.234. The molecule has 0 spiro atoms. The molecule has 1 heterocycles. The molecule has 1 aliphatic rings. The number of hydrogen-bond acceptors (Lipinski definition) is 1. The van der Waals surface area contributed by atoms with Gasteiger partial charge < -0.3 is 10.2 Å². The summed E-state index contributed by atoms with van der Waals surface area (Å²) in [5.74, 6) is 0. The molecule has 0 radical (unpaired) electrons. The van der Waals surface area contributed by atoms with Gasteiger partial charge in [-0.15, -0.1) is 6.58 Å². The SMILES string of the molecule is C=CC[C@H](C)NC(=O)N1CCCC1(C)C. The molecule has 0 aromatic heterocycles. The molecule has 0 saturated carbocycles. The molecule has 2 amide bonds. The lowest BCUT2D eigenvalue weighted by atomic mass is 10.0. The number of nitrogens with zero attached hydrogens (tertiary/aromatic N) is 1. The van der Waals surface area contributed by atoms with Crippen molar-refractivity contribution in [2.75, 3.05) is 6.54 Å². The van der Waals surface area contributed by atoms with Gasteiger partial charge in [-0.2, -0.15) is 0 Å². The van der Waals surface area contributed by atoms with E-state index in [0.29, 0.717) is 0 Å². The van der Waals surface area contributed by atoms with Gasteiger partial charge in [0.2, 0.25) is 0 Å². The number of amides is 2. The van der Waals surface area contributed by atoms with E-state index in [0.717, 1.165) is 25.8 Å². The quantitative estimate of drug-likeness (QED) is 0.713. The molecule has 0 aromatic rings. The Morgan fingerprint density at radius 3 is 2.80 bits per heavy atom. The van der Waals surface area contributed by atoms with Gasteiger partial charge in [0.1, 0.15) is 0 Å². The first-order valence-corrected chi connectivity index (χ1v) is 5.66. The highest BCUT2D eigenvalue weighted by Crippen LogP contribution is 2.27. The number of carbonyl (C=O) groups is 1. The average molecular weight is 210 g/mol. The summed E-state index contributed by atoms with van der Waals surface area (Å²) in [6.07, 6.45) is 4.85. The molecule has 3 nitrogen and oxygen atoms in total. The van der Waals surface area contributed by atoms with Gasteiger partial charge in [-0.05, 0) is 40.0 Å². The zero-order chi connectivity index (χ0) is 11.5. The minimum Gasteiger partial charge on any atom is -0.335 e. The lowest BCUT2D eigenvalue weighted by Gasteiger charge is -2.32. The minimum absolute atomic E-state index is 0.0119. The molecule has 0 unspecified atom stereocenters. The molecule has 1 aliphatic heterocycles. The molecule has 0 aliphatic carbocycles. The summed E-state index contributed by atoms with van der Waals surface area (Å²) < 4.78 is 0. The molecule has 86 valence electrons. The fraction of sp³-hybridized carbons (Fsp3) is 0.750. The fourth-order valence-electron chi connectivity index (χ4n) is 2.08. The Bertz CT molecular complexity index is 248. The minimum atomic E-state index is 0.0119. The van der Waals surface area contributed by atoms with Crippen LogP contribution in [0.4, 0.5) is 4.79 Å². The highest BCUT2D eigenvalue weighted by atomic mass is 16.2. The zero-order valence-electron chi connectivity index (χ0n) is 10.0. The van der Waals surface area contributed by atoms with Crippen LogP contribution in [0.25, 0.3) is 0 Å². The molecule has 1 rings (SSSR count). The number of carbonyl (C=O) groups excluding carboxylic acids is 1. The normalized spacial score (nSPS) is 21.1. The van der Waals surface area contributed by atoms with E-state index in [4.69, 9.17) is 0 Å². The molecule has 15 heavy (non-hydrogen) atoms. The van der Waals surface area contributed by atoms with Gasteiger partial charge in [0, 0.05) is 18.1 Å². The van der Waals surface area contributed by atoms with Crippen molar-refractivity contribution in [1.82, 2.24) is 10.2 Å². The highest BCUT2D eigenvalue weighted by molar-refractivity contribution is 5.75. The first-order valence-electron chi connectivity index (χ1n) is 5.66. The smallest absolute Gasteiger partial charge is 0.318 e. The molecule has 1 atom stereocenters. The second-order valence-corrected chi connectivity index (χ2v) is 4.94. The van der Waals surface area contributed by atoms with Crippen molar-refractivity contribution >= 4 is 6.03 Å². The lowest BCUT2D eigenvalue weighted by molar-refractivity contribution is 0.162. The zero-order valence-corrected chi connectivity index (χ0v) is 10.0. The maximum Gasteiger partial charge on any atom is 0.318 e. The lowest BCUT2D eigenvalue weighted by Crippen LogP contribution is -2.50. The summed E-state index contributed by atoms with van der Waals surface area (Å²) in [5.41, 5.74) is 0.0119. The van der Waals surface area contributed by atoms with E-state index in [1.165, 1.54) is 0 Å². The molecule has 0 aromatic carbocycles. The van der Waals surface area contributed by atoms with Crippen LogP contribution in [-0.4, -0.2) is 29.1 Å². The van der Waals surface area contributed by atoms with Crippen molar-refractivity contribution in [2.24, 2.45) is 0 Å². The van der Waals surface area contributed by atoms with E-state index < -0.39 is 0 Å². The molecular weight excluding hydrogens is 188 g/mol. The van der Waals surface area contributed by atoms with Crippen LogP contribution in [0.15, 0.2) is 12.7 Å². The van der Waals surface area contributed by atoms with Gasteiger partial charge in [0.05, 0.1) is 0 Å². The fourth-order valence-corrected chi connectivity index (χ4v) is 2.08. The van der Waals surface area contributed by atoms with Crippen LogP contribution in [-0.2, 0) is 0 Å². The third-order valence-electron chi connectivity index (χ3n) is 3.04. The van der Waals surface area contributed by atoms with Crippen molar-refractivity contribution in [3.05, 3.63) is 12.7 Å². The van der Waals surface area contributed by atoms with Crippen LogP contribution in [0.3, 0.4) is 0 Å². The monoisotopic (exact) mass is 210 g/mol. The van der Waals surface area contributed by atoms with Crippen LogP contribution in [0.2, 0.25) is 0 Å². The number of urea groups is 1. The number of hydrogen-bond donors (Lipinski definition) is 1. The predicted molar refractivity (Wildman–Crippen MR) is 62.8 cm³/mol. The van der Waals surface area contributed by atoms with E-state index in [9.17, 15) is 4.79 Å². The summed E-state index contributed by atoms with van der Waals surface area (Å²) in [4.78, 5) is 13.9. The van der Waals surface area contributed by atoms with E-state index in [1.807, 2.05) is 17.9 Å². The Labute approximate surface area is 92.5 Å². The number of rotatable bonds is 3. The second kappa shape index (κ2) is 4.69. The number of nitrogens with one attached hydrogen (secondary N) is 1. The molecule has 1 fully saturated rings. The van der Waals surface area contributed by atoms with Crippen LogP contribution in [0.5, 0.6) is 0 Å². The Morgan fingerprint density at radius 1 is 1.67 bits per heavy atom. The van der Waals surface area contributed by atoms with Crippen LogP contribution >= 0.6 is 0 Å². The van der Waals surface area contributed by atoms with Crippen molar-refractivity contribution < 1.29 is 4.79 Å². The van der Waals surface area contributed by atoms with Gasteiger partial charge in [-0.25, -0.2) is 4.79 Å². The first-order chi connectivity index (χ1) is 6.97.